The van der Waals surface area contributed by atoms with Crippen molar-refractivity contribution in [3.05, 3.63) is 35.2 Å². The van der Waals surface area contributed by atoms with Crippen molar-refractivity contribution in [2.24, 2.45) is 34.5 Å². The van der Waals surface area contributed by atoms with E-state index >= 15 is 0 Å². The van der Waals surface area contributed by atoms with Gasteiger partial charge in [0.05, 0.1) is 5.56 Å². The molecule has 2 amide bonds. The fourth-order valence-corrected chi connectivity index (χ4v) is 8.69. The van der Waals surface area contributed by atoms with Crippen LogP contribution in [-0.4, -0.2) is 28.7 Å². The molecule has 0 spiro atoms. The van der Waals surface area contributed by atoms with E-state index in [0.717, 1.165) is 44.6 Å². The first-order chi connectivity index (χ1) is 16.9. The molecule has 1 saturated heterocycles. The van der Waals surface area contributed by atoms with E-state index in [9.17, 15) is 22.8 Å². The van der Waals surface area contributed by atoms with Crippen molar-refractivity contribution in [3.8, 4) is 0 Å². The minimum Gasteiger partial charge on any atom is -0.319 e. The van der Waals surface area contributed by atoms with Gasteiger partial charge in [-0.05, 0) is 86.7 Å². The molecule has 8 heteroatoms. The van der Waals surface area contributed by atoms with Gasteiger partial charge in [-0.1, -0.05) is 19.4 Å². The number of nitrogens with zero attached hydrogens (tertiary/aromatic N) is 2. The standard InChI is InChI=1S/C28H36F3N3O2/c1-16-14-18-19-8-7-17(15-22(35)33-25-21(28(29,30)31)6-5-13-32-25)26(19,2)11-9-20(18)27(3)12-10-23(36)34(4)24(16)27/h5-6,13,17-20H,7-12,14-15H2,1-4H3,(H,32,33,35)/t17-,18?,19+,20?,26-,27-/m1/s1. The van der Waals surface area contributed by atoms with E-state index in [-0.39, 0.29) is 29.1 Å². The quantitative estimate of drug-likeness (QED) is 0.518. The molecule has 196 valence electrons. The zero-order chi connectivity index (χ0) is 26.0. The van der Waals surface area contributed by atoms with Crippen LogP contribution in [0.15, 0.2) is 29.6 Å². The van der Waals surface area contributed by atoms with E-state index in [1.807, 2.05) is 11.9 Å². The Morgan fingerprint density at radius 2 is 1.94 bits per heavy atom. The topological polar surface area (TPSA) is 62.3 Å². The molecule has 0 radical (unpaired) electrons. The number of aromatic nitrogens is 1. The van der Waals surface area contributed by atoms with Crippen LogP contribution in [0.5, 0.6) is 0 Å². The van der Waals surface area contributed by atoms with Crippen molar-refractivity contribution in [3.63, 3.8) is 0 Å². The molecule has 3 fully saturated rings. The van der Waals surface area contributed by atoms with Crippen molar-refractivity contribution < 1.29 is 22.8 Å². The molecule has 5 rings (SSSR count). The third-order valence-corrected chi connectivity index (χ3v) is 10.3. The Kier molecular flexibility index (Phi) is 6.03. The molecule has 2 unspecified atom stereocenters. The number of amides is 2. The van der Waals surface area contributed by atoms with Gasteiger partial charge in [0.25, 0.3) is 0 Å². The number of likely N-dealkylation sites (tertiary alicyclic amines) is 1. The van der Waals surface area contributed by atoms with Crippen LogP contribution in [0, 0.1) is 34.5 Å². The third kappa shape index (κ3) is 3.86. The highest BCUT2D eigenvalue weighted by atomic mass is 19.4. The number of rotatable bonds is 3. The van der Waals surface area contributed by atoms with Gasteiger partial charge in [0.1, 0.15) is 5.82 Å². The molecule has 1 aromatic rings. The fraction of sp³-hybridized carbons (Fsp3) is 0.679. The number of allylic oxidation sites excluding steroid dienone is 2. The number of hydrogen-bond donors (Lipinski definition) is 1. The zero-order valence-corrected chi connectivity index (χ0v) is 21.5. The van der Waals surface area contributed by atoms with Crippen molar-refractivity contribution in [2.75, 3.05) is 12.4 Å². The maximum atomic E-state index is 13.4. The molecule has 0 bridgehead atoms. The Labute approximate surface area is 210 Å². The summed E-state index contributed by atoms with van der Waals surface area (Å²) in [5.41, 5.74) is 1.61. The van der Waals surface area contributed by atoms with Gasteiger partial charge < -0.3 is 10.2 Å². The number of anilines is 1. The predicted octanol–water partition coefficient (Wildman–Crippen LogP) is 6.42. The molecule has 2 saturated carbocycles. The largest absolute Gasteiger partial charge is 0.419 e. The average Bonchev–Trinajstić information content (AvgIpc) is 3.12. The summed E-state index contributed by atoms with van der Waals surface area (Å²) in [7, 11) is 1.92. The smallest absolute Gasteiger partial charge is 0.319 e. The van der Waals surface area contributed by atoms with Gasteiger partial charge in [0.2, 0.25) is 11.8 Å². The van der Waals surface area contributed by atoms with E-state index < -0.39 is 23.5 Å². The number of alkyl halides is 3. The number of fused-ring (bicyclic) bond motifs is 5. The zero-order valence-electron chi connectivity index (χ0n) is 21.5. The molecular weight excluding hydrogens is 467 g/mol. The van der Waals surface area contributed by atoms with E-state index in [1.165, 1.54) is 23.5 Å². The predicted molar refractivity (Wildman–Crippen MR) is 130 cm³/mol. The van der Waals surface area contributed by atoms with Crippen LogP contribution in [0.25, 0.3) is 0 Å². The summed E-state index contributed by atoms with van der Waals surface area (Å²) < 4.78 is 40.1. The molecule has 1 N–H and O–H groups in total. The fourth-order valence-electron chi connectivity index (χ4n) is 8.69. The summed E-state index contributed by atoms with van der Waals surface area (Å²) >= 11 is 0. The van der Waals surface area contributed by atoms with Crippen LogP contribution in [0.4, 0.5) is 19.0 Å². The second-order valence-corrected chi connectivity index (χ2v) is 12.0. The monoisotopic (exact) mass is 503 g/mol. The van der Waals surface area contributed by atoms with Crippen LogP contribution in [0.3, 0.4) is 0 Å². The molecule has 2 heterocycles. The van der Waals surface area contributed by atoms with Crippen molar-refractivity contribution >= 4 is 17.6 Å². The Bertz CT molecular complexity index is 1120. The lowest BCUT2D eigenvalue weighted by Crippen LogP contribution is -2.54. The average molecular weight is 504 g/mol. The highest BCUT2D eigenvalue weighted by molar-refractivity contribution is 5.90. The van der Waals surface area contributed by atoms with E-state index in [2.05, 4.69) is 31.1 Å². The molecule has 5 nitrogen and oxygen atoms in total. The van der Waals surface area contributed by atoms with Gasteiger partial charge in [-0.2, -0.15) is 13.2 Å². The normalized spacial score (nSPS) is 36.3. The lowest BCUT2D eigenvalue weighted by Gasteiger charge is -2.59. The Hall–Kier alpha value is -2.38. The van der Waals surface area contributed by atoms with Crippen LogP contribution < -0.4 is 5.32 Å². The van der Waals surface area contributed by atoms with Crippen LogP contribution in [-0.2, 0) is 15.8 Å². The molecule has 4 aliphatic rings. The van der Waals surface area contributed by atoms with Gasteiger partial charge in [-0.3, -0.25) is 9.59 Å². The van der Waals surface area contributed by atoms with E-state index in [0.29, 0.717) is 24.2 Å². The van der Waals surface area contributed by atoms with Crippen LogP contribution in [0.1, 0.15) is 77.7 Å². The molecule has 6 atom stereocenters. The molecule has 1 aromatic heterocycles. The van der Waals surface area contributed by atoms with Gasteiger partial charge in [-0.15, -0.1) is 0 Å². The lowest BCUT2D eigenvalue weighted by atomic mass is 9.48. The lowest BCUT2D eigenvalue weighted by molar-refractivity contribution is -0.137. The van der Waals surface area contributed by atoms with E-state index in [4.69, 9.17) is 0 Å². The number of hydrogen-bond acceptors (Lipinski definition) is 3. The summed E-state index contributed by atoms with van der Waals surface area (Å²) in [6, 6.07) is 2.17. The number of halogens is 3. The van der Waals surface area contributed by atoms with Crippen molar-refractivity contribution in [2.45, 2.75) is 78.3 Å². The minimum atomic E-state index is -4.57. The van der Waals surface area contributed by atoms with Crippen LogP contribution >= 0.6 is 0 Å². The summed E-state index contributed by atoms with van der Waals surface area (Å²) in [5.74, 6) is 1.04. The molecule has 0 aromatic carbocycles. The Morgan fingerprint density at radius 3 is 2.67 bits per heavy atom. The minimum absolute atomic E-state index is 0.000569. The maximum absolute atomic E-state index is 13.4. The first kappa shape index (κ1) is 25.3. The summed E-state index contributed by atoms with van der Waals surface area (Å²) in [6.07, 6.45) is 3.40. The SMILES string of the molecule is CC1=C2N(C)C(=O)CC[C@]2(C)C2CC[C@]3(C)[C@@H](CC(=O)Nc4ncccc4C(F)(F)F)CC[C@H]3C2C1. The Morgan fingerprint density at radius 1 is 1.19 bits per heavy atom. The second-order valence-electron chi connectivity index (χ2n) is 12.0. The number of carbonyl (C=O) groups is 2. The van der Waals surface area contributed by atoms with Gasteiger partial charge in [0, 0.05) is 37.2 Å². The van der Waals surface area contributed by atoms with Crippen LogP contribution in [0.2, 0.25) is 0 Å². The first-order valence-electron chi connectivity index (χ1n) is 13.1. The first-order valence-corrected chi connectivity index (χ1v) is 13.1. The highest BCUT2D eigenvalue weighted by Gasteiger charge is 2.60. The molecule has 36 heavy (non-hydrogen) atoms. The Balaban J connectivity index is 1.34. The number of pyridine rings is 1. The molecular formula is C28H36F3N3O2. The van der Waals surface area contributed by atoms with Crippen molar-refractivity contribution in [1.29, 1.82) is 0 Å². The van der Waals surface area contributed by atoms with Gasteiger partial charge in [0.15, 0.2) is 0 Å². The maximum Gasteiger partial charge on any atom is 0.419 e. The summed E-state index contributed by atoms with van der Waals surface area (Å²) in [6.45, 7) is 6.82. The number of carbonyl (C=O) groups excluding carboxylic acids is 2. The number of piperidine rings is 1. The number of nitrogens with one attached hydrogen (secondary N) is 1. The van der Waals surface area contributed by atoms with Gasteiger partial charge in [-0.25, -0.2) is 4.98 Å². The van der Waals surface area contributed by atoms with Crippen molar-refractivity contribution in [1.82, 2.24) is 9.88 Å². The third-order valence-electron chi connectivity index (χ3n) is 10.3. The molecule has 3 aliphatic carbocycles. The van der Waals surface area contributed by atoms with E-state index in [1.54, 1.807) is 0 Å². The summed E-state index contributed by atoms with van der Waals surface area (Å²) in [5, 5.41) is 2.46. The highest BCUT2D eigenvalue weighted by Crippen LogP contribution is 2.67. The second kappa shape index (κ2) is 8.59. The molecule has 1 aliphatic heterocycles. The summed E-state index contributed by atoms with van der Waals surface area (Å²) in [4.78, 5) is 31.1. The van der Waals surface area contributed by atoms with Gasteiger partial charge >= 0.3 is 6.18 Å².